The van der Waals surface area contributed by atoms with Crippen LogP contribution in [0.5, 0.6) is 0 Å². The fourth-order valence-electron chi connectivity index (χ4n) is 1.68. The zero-order valence-corrected chi connectivity index (χ0v) is 13.5. The molecule has 0 unspecified atom stereocenters. The number of thioether (sulfide) groups is 1. The summed E-state index contributed by atoms with van der Waals surface area (Å²) in [6, 6.07) is 11.4. The van der Waals surface area contributed by atoms with Crippen LogP contribution in [0.15, 0.2) is 51.8 Å². The van der Waals surface area contributed by atoms with E-state index < -0.39 is 0 Å². The van der Waals surface area contributed by atoms with Gasteiger partial charge in [0.05, 0.1) is 0 Å². The van der Waals surface area contributed by atoms with Crippen LogP contribution in [0.3, 0.4) is 0 Å². The molecule has 0 saturated carbocycles. The molecule has 0 bridgehead atoms. The smallest absolute Gasteiger partial charge is 0.225 e. The Bertz CT molecular complexity index is 651. The van der Waals surface area contributed by atoms with Crippen LogP contribution in [-0.2, 0) is 4.79 Å². The van der Waals surface area contributed by atoms with Crippen molar-refractivity contribution in [3.63, 3.8) is 0 Å². The molecule has 1 amide bonds. The minimum absolute atomic E-state index is 0.151. The van der Waals surface area contributed by atoms with Gasteiger partial charge in [-0.1, -0.05) is 22.0 Å². The van der Waals surface area contributed by atoms with Crippen molar-refractivity contribution in [3.05, 3.63) is 52.8 Å². The van der Waals surface area contributed by atoms with Gasteiger partial charge in [0.1, 0.15) is 5.82 Å². The lowest BCUT2D eigenvalue weighted by atomic mass is 10.3. The second kappa shape index (κ2) is 7.47. The number of nitrogens with one attached hydrogen (secondary N) is 1. The van der Waals surface area contributed by atoms with E-state index in [1.807, 2.05) is 18.2 Å². The number of hydrogen-bond donors (Lipinski definition) is 2. The number of benzene rings is 2. The van der Waals surface area contributed by atoms with Crippen molar-refractivity contribution in [2.75, 3.05) is 16.8 Å². The van der Waals surface area contributed by atoms with Crippen LogP contribution in [0, 0.1) is 5.82 Å². The lowest BCUT2D eigenvalue weighted by Gasteiger charge is -2.07. The van der Waals surface area contributed by atoms with Gasteiger partial charge in [0.2, 0.25) is 5.91 Å². The fraction of sp³-hybridized carbons (Fsp3) is 0.133. The number of anilines is 2. The van der Waals surface area contributed by atoms with E-state index in [1.165, 1.54) is 23.9 Å². The Morgan fingerprint density at radius 2 is 2.10 bits per heavy atom. The molecule has 0 heterocycles. The topological polar surface area (TPSA) is 55.1 Å². The minimum Gasteiger partial charge on any atom is -0.398 e. The summed E-state index contributed by atoms with van der Waals surface area (Å²) in [5.41, 5.74) is 7.02. The molecule has 0 aliphatic heterocycles. The largest absolute Gasteiger partial charge is 0.398 e. The molecular formula is C15H14BrFN2OS. The molecule has 0 aromatic heterocycles. The standard InChI is InChI=1S/C15H14BrFN2OS/c16-10-4-5-13(18)14(8-10)21-7-6-15(20)19-12-3-1-2-11(17)9-12/h1-5,8-9H,6-7,18H2,(H,19,20). The van der Waals surface area contributed by atoms with Gasteiger partial charge < -0.3 is 11.1 Å². The quantitative estimate of drug-likeness (QED) is 0.611. The SMILES string of the molecule is Nc1ccc(Br)cc1SCCC(=O)Nc1cccc(F)c1. The van der Waals surface area contributed by atoms with Crippen molar-refractivity contribution in [1.29, 1.82) is 0 Å². The maximum atomic E-state index is 13.0. The van der Waals surface area contributed by atoms with Gasteiger partial charge in [-0.05, 0) is 36.4 Å². The molecule has 2 aromatic rings. The average Bonchev–Trinajstić information content (AvgIpc) is 2.42. The Balaban J connectivity index is 1.83. The molecule has 2 aromatic carbocycles. The maximum absolute atomic E-state index is 13.0. The van der Waals surface area contributed by atoms with Gasteiger partial charge in [-0.3, -0.25) is 4.79 Å². The van der Waals surface area contributed by atoms with Gasteiger partial charge >= 0.3 is 0 Å². The number of amides is 1. The van der Waals surface area contributed by atoms with Crippen molar-refractivity contribution < 1.29 is 9.18 Å². The third-order valence-corrected chi connectivity index (χ3v) is 4.24. The Labute approximate surface area is 135 Å². The molecule has 0 spiro atoms. The number of hydrogen-bond acceptors (Lipinski definition) is 3. The average molecular weight is 369 g/mol. The van der Waals surface area contributed by atoms with E-state index in [-0.39, 0.29) is 11.7 Å². The van der Waals surface area contributed by atoms with Crippen LogP contribution in [0.1, 0.15) is 6.42 Å². The Morgan fingerprint density at radius 1 is 1.29 bits per heavy atom. The first-order chi connectivity index (χ1) is 10.0. The van der Waals surface area contributed by atoms with E-state index in [0.717, 1.165) is 9.37 Å². The second-order valence-corrected chi connectivity index (χ2v) is 6.39. The van der Waals surface area contributed by atoms with Crippen molar-refractivity contribution in [2.45, 2.75) is 11.3 Å². The highest BCUT2D eigenvalue weighted by molar-refractivity contribution is 9.10. The van der Waals surface area contributed by atoms with Crippen LogP contribution in [0.4, 0.5) is 15.8 Å². The highest BCUT2D eigenvalue weighted by atomic mass is 79.9. The molecule has 110 valence electrons. The van der Waals surface area contributed by atoms with Crippen LogP contribution < -0.4 is 11.1 Å². The summed E-state index contributed by atoms with van der Waals surface area (Å²) < 4.78 is 13.9. The fourth-order valence-corrected chi connectivity index (χ4v) is 3.14. The Morgan fingerprint density at radius 3 is 2.86 bits per heavy atom. The first-order valence-electron chi connectivity index (χ1n) is 6.28. The number of carbonyl (C=O) groups excluding carboxylic acids is 1. The summed E-state index contributed by atoms with van der Waals surface area (Å²) >= 11 is 4.90. The third kappa shape index (κ3) is 5.06. The third-order valence-electron chi connectivity index (χ3n) is 2.67. The van der Waals surface area contributed by atoms with Gasteiger partial charge in [-0.15, -0.1) is 11.8 Å². The lowest BCUT2D eigenvalue weighted by molar-refractivity contribution is -0.115. The summed E-state index contributed by atoms with van der Waals surface area (Å²) in [5, 5.41) is 2.66. The number of carbonyl (C=O) groups is 1. The molecule has 0 radical (unpaired) electrons. The molecule has 0 aliphatic carbocycles. The van der Waals surface area contributed by atoms with Crippen molar-refractivity contribution >= 4 is 45.0 Å². The van der Waals surface area contributed by atoms with E-state index in [1.54, 1.807) is 12.1 Å². The zero-order valence-electron chi connectivity index (χ0n) is 11.1. The van der Waals surface area contributed by atoms with Gasteiger partial charge in [-0.25, -0.2) is 4.39 Å². The molecule has 0 saturated heterocycles. The predicted molar refractivity (Wildman–Crippen MR) is 88.9 cm³/mol. The first-order valence-corrected chi connectivity index (χ1v) is 8.06. The normalized spacial score (nSPS) is 10.4. The van der Waals surface area contributed by atoms with Gasteiger partial charge in [0.25, 0.3) is 0 Å². The van der Waals surface area contributed by atoms with Crippen molar-refractivity contribution in [2.24, 2.45) is 0 Å². The summed E-state index contributed by atoms with van der Waals surface area (Å²) in [4.78, 5) is 12.7. The van der Waals surface area contributed by atoms with E-state index in [2.05, 4.69) is 21.2 Å². The summed E-state index contributed by atoms with van der Waals surface area (Å²) in [7, 11) is 0. The minimum atomic E-state index is -0.371. The molecule has 3 nitrogen and oxygen atoms in total. The predicted octanol–water partition coefficient (Wildman–Crippen LogP) is 4.29. The van der Waals surface area contributed by atoms with Crippen molar-refractivity contribution in [3.8, 4) is 0 Å². The molecule has 0 fully saturated rings. The monoisotopic (exact) mass is 368 g/mol. The summed E-state index contributed by atoms with van der Waals surface area (Å²) in [5.74, 6) is 0.0766. The molecule has 6 heteroatoms. The van der Waals surface area contributed by atoms with Crippen LogP contribution >= 0.6 is 27.7 Å². The molecule has 2 rings (SSSR count). The van der Waals surface area contributed by atoms with E-state index in [4.69, 9.17) is 5.73 Å². The number of nitrogens with two attached hydrogens (primary N) is 1. The molecular weight excluding hydrogens is 355 g/mol. The first kappa shape index (κ1) is 15.9. The maximum Gasteiger partial charge on any atom is 0.225 e. The molecule has 0 atom stereocenters. The Hall–Kier alpha value is -1.53. The molecule has 3 N–H and O–H groups in total. The highest BCUT2D eigenvalue weighted by Crippen LogP contribution is 2.28. The zero-order chi connectivity index (χ0) is 15.2. The van der Waals surface area contributed by atoms with Gasteiger partial charge in [-0.2, -0.15) is 0 Å². The van der Waals surface area contributed by atoms with E-state index in [0.29, 0.717) is 23.5 Å². The second-order valence-electron chi connectivity index (χ2n) is 4.34. The van der Waals surface area contributed by atoms with E-state index in [9.17, 15) is 9.18 Å². The van der Waals surface area contributed by atoms with Gasteiger partial charge in [0.15, 0.2) is 0 Å². The molecule has 21 heavy (non-hydrogen) atoms. The van der Waals surface area contributed by atoms with Crippen LogP contribution in [0.2, 0.25) is 0 Å². The highest BCUT2D eigenvalue weighted by Gasteiger charge is 2.06. The van der Waals surface area contributed by atoms with E-state index >= 15 is 0 Å². The molecule has 0 aliphatic rings. The number of rotatable bonds is 5. The summed E-state index contributed by atoms with van der Waals surface area (Å²) in [6.45, 7) is 0. The van der Waals surface area contributed by atoms with Crippen molar-refractivity contribution in [1.82, 2.24) is 0 Å². The van der Waals surface area contributed by atoms with Crippen LogP contribution in [0.25, 0.3) is 0 Å². The Kier molecular flexibility index (Phi) is 5.64. The number of nitrogen functional groups attached to an aromatic ring is 1. The van der Waals surface area contributed by atoms with Gasteiger partial charge in [0, 0.05) is 32.9 Å². The van der Waals surface area contributed by atoms with Crippen LogP contribution in [-0.4, -0.2) is 11.7 Å². The summed E-state index contributed by atoms with van der Waals surface area (Å²) in [6.07, 6.45) is 0.327. The lowest BCUT2D eigenvalue weighted by Crippen LogP contribution is -2.12. The number of halogens is 2.